The number of rotatable bonds is 6. The van der Waals surface area contributed by atoms with Gasteiger partial charge in [-0.1, -0.05) is 18.2 Å². The molecule has 2 amide bonds. The molecule has 1 saturated carbocycles. The lowest BCUT2D eigenvalue weighted by Crippen LogP contribution is -2.37. The molecule has 34 heavy (non-hydrogen) atoms. The predicted molar refractivity (Wildman–Crippen MR) is 130 cm³/mol. The number of hydrogen-bond donors (Lipinski definition) is 2. The van der Waals surface area contributed by atoms with Gasteiger partial charge in [-0.15, -0.1) is 11.3 Å². The van der Waals surface area contributed by atoms with Crippen LogP contribution in [0.5, 0.6) is 0 Å². The van der Waals surface area contributed by atoms with E-state index >= 15 is 0 Å². The predicted octanol–water partition coefficient (Wildman–Crippen LogP) is 3.46. The molecule has 0 spiro atoms. The molecule has 1 aliphatic heterocycles. The van der Waals surface area contributed by atoms with E-state index < -0.39 is 0 Å². The van der Waals surface area contributed by atoms with Crippen LogP contribution in [0.3, 0.4) is 0 Å². The number of carbonyl (C=O) groups excluding carboxylic acids is 2. The maximum absolute atomic E-state index is 13.3. The molecule has 4 heterocycles. The molecular weight excluding hydrogens is 448 g/mol. The number of aromatic amines is 1. The van der Waals surface area contributed by atoms with Crippen LogP contribution in [0.2, 0.25) is 0 Å². The number of amides is 2. The van der Waals surface area contributed by atoms with E-state index in [2.05, 4.69) is 15.3 Å². The van der Waals surface area contributed by atoms with Gasteiger partial charge < -0.3 is 15.2 Å². The van der Waals surface area contributed by atoms with Crippen molar-refractivity contribution < 1.29 is 9.59 Å². The Labute approximate surface area is 201 Å². The number of hydrogen-bond acceptors (Lipinski definition) is 5. The number of H-pyrrole nitrogens is 1. The standard InChI is InChI=1S/C25H26N6O2S/c1-15-22(34-14-26-15)9-11-31-21-8-10-30(13-18(21)23(29-31)24(32)27-17-6-7-17)25(33)20-12-16-4-2-3-5-19(16)28-20/h2-5,12,14,17,28H,6-11,13H2,1H3,(H,27,32). The number of thiazole rings is 1. The fourth-order valence-electron chi connectivity index (χ4n) is 4.65. The number of carbonyl (C=O) groups is 2. The molecule has 2 N–H and O–H groups in total. The van der Waals surface area contributed by atoms with Crippen LogP contribution in [0.1, 0.15) is 55.6 Å². The number of benzene rings is 1. The van der Waals surface area contributed by atoms with Crippen LogP contribution >= 0.6 is 11.3 Å². The average Bonchev–Trinajstić information content (AvgIpc) is 3.25. The molecule has 0 atom stereocenters. The molecule has 9 heteroatoms. The van der Waals surface area contributed by atoms with Gasteiger partial charge in [-0.25, -0.2) is 4.98 Å². The Bertz CT molecular complexity index is 1360. The lowest BCUT2D eigenvalue weighted by Gasteiger charge is -2.27. The number of para-hydroxylation sites is 1. The summed E-state index contributed by atoms with van der Waals surface area (Å²) >= 11 is 1.65. The van der Waals surface area contributed by atoms with E-state index in [-0.39, 0.29) is 17.9 Å². The van der Waals surface area contributed by atoms with Crippen molar-refractivity contribution in [3.05, 3.63) is 69.1 Å². The molecule has 0 bridgehead atoms. The van der Waals surface area contributed by atoms with Gasteiger partial charge in [0.15, 0.2) is 5.69 Å². The minimum absolute atomic E-state index is 0.0524. The maximum atomic E-state index is 13.3. The zero-order valence-corrected chi connectivity index (χ0v) is 19.8. The van der Waals surface area contributed by atoms with Gasteiger partial charge in [0.1, 0.15) is 5.69 Å². The Morgan fingerprint density at radius 3 is 2.88 bits per heavy atom. The summed E-state index contributed by atoms with van der Waals surface area (Å²) in [5.41, 5.74) is 6.81. The number of aromatic nitrogens is 4. The molecule has 1 aromatic carbocycles. The quantitative estimate of drug-likeness (QED) is 0.447. The topological polar surface area (TPSA) is 95.9 Å². The first-order valence-electron chi connectivity index (χ1n) is 11.7. The molecule has 0 radical (unpaired) electrons. The van der Waals surface area contributed by atoms with Gasteiger partial charge in [-0.2, -0.15) is 5.10 Å². The molecular formula is C25H26N6O2S. The number of aryl methyl sites for hydroxylation is 3. The molecule has 4 aromatic rings. The van der Waals surface area contributed by atoms with E-state index in [1.54, 1.807) is 11.3 Å². The fraction of sp³-hybridized carbons (Fsp3) is 0.360. The van der Waals surface area contributed by atoms with Gasteiger partial charge in [0.05, 0.1) is 17.7 Å². The van der Waals surface area contributed by atoms with Crippen molar-refractivity contribution in [3.8, 4) is 0 Å². The molecule has 1 aliphatic carbocycles. The molecule has 1 fully saturated rings. The normalized spacial score (nSPS) is 15.5. The lowest BCUT2D eigenvalue weighted by atomic mass is 10.0. The number of nitrogens with zero attached hydrogens (tertiary/aromatic N) is 4. The Hall–Kier alpha value is -3.46. The molecule has 0 unspecified atom stereocenters. The third kappa shape index (κ3) is 3.90. The Morgan fingerprint density at radius 1 is 1.26 bits per heavy atom. The van der Waals surface area contributed by atoms with Crippen LogP contribution in [0.25, 0.3) is 10.9 Å². The smallest absolute Gasteiger partial charge is 0.272 e. The van der Waals surface area contributed by atoms with Crippen molar-refractivity contribution >= 4 is 34.1 Å². The van der Waals surface area contributed by atoms with E-state index in [1.807, 2.05) is 52.3 Å². The third-order valence-electron chi connectivity index (χ3n) is 6.70. The number of nitrogens with one attached hydrogen (secondary N) is 2. The first kappa shape index (κ1) is 21.1. The second-order valence-corrected chi connectivity index (χ2v) is 10.0. The van der Waals surface area contributed by atoms with Gasteiger partial charge in [-0.3, -0.25) is 14.3 Å². The SMILES string of the molecule is Cc1ncsc1CCn1nc(C(=O)NC2CC2)c2c1CCN(C(=O)c1cc3ccccc3[nH]1)C2. The van der Waals surface area contributed by atoms with Gasteiger partial charge >= 0.3 is 0 Å². The largest absolute Gasteiger partial charge is 0.351 e. The van der Waals surface area contributed by atoms with Gasteiger partial charge in [-0.05, 0) is 31.9 Å². The fourth-order valence-corrected chi connectivity index (χ4v) is 5.42. The van der Waals surface area contributed by atoms with Crippen LogP contribution in [-0.4, -0.2) is 49.0 Å². The first-order valence-corrected chi connectivity index (χ1v) is 12.6. The summed E-state index contributed by atoms with van der Waals surface area (Å²) in [5.74, 6) is -0.185. The highest BCUT2D eigenvalue weighted by molar-refractivity contribution is 7.09. The Morgan fingerprint density at radius 2 is 2.12 bits per heavy atom. The van der Waals surface area contributed by atoms with Crippen molar-refractivity contribution in [1.29, 1.82) is 0 Å². The summed E-state index contributed by atoms with van der Waals surface area (Å²) < 4.78 is 1.97. The van der Waals surface area contributed by atoms with Crippen LogP contribution in [0.15, 0.2) is 35.8 Å². The number of fused-ring (bicyclic) bond motifs is 2. The van der Waals surface area contributed by atoms with Crippen molar-refractivity contribution in [2.45, 2.75) is 51.7 Å². The van der Waals surface area contributed by atoms with Gasteiger partial charge in [0, 0.05) is 59.0 Å². The highest BCUT2D eigenvalue weighted by atomic mass is 32.1. The van der Waals surface area contributed by atoms with E-state index in [9.17, 15) is 9.59 Å². The Kier molecular flexibility index (Phi) is 5.21. The van der Waals surface area contributed by atoms with E-state index in [0.29, 0.717) is 37.4 Å². The summed E-state index contributed by atoms with van der Waals surface area (Å²) in [6, 6.07) is 10.0. The highest BCUT2D eigenvalue weighted by Crippen LogP contribution is 2.27. The minimum atomic E-state index is -0.133. The van der Waals surface area contributed by atoms with Gasteiger partial charge in [0.25, 0.3) is 11.8 Å². The summed E-state index contributed by atoms with van der Waals surface area (Å²) in [6.45, 7) is 3.69. The molecule has 0 saturated heterocycles. The van der Waals surface area contributed by atoms with Gasteiger partial charge in [0.2, 0.25) is 0 Å². The van der Waals surface area contributed by atoms with Crippen LogP contribution in [-0.2, 0) is 25.9 Å². The average molecular weight is 475 g/mol. The van der Waals surface area contributed by atoms with Crippen LogP contribution in [0, 0.1) is 6.92 Å². The summed E-state index contributed by atoms with van der Waals surface area (Å²) in [6.07, 6.45) is 3.53. The molecule has 174 valence electrons. The van der Waals surface area contributed by atoms with E-state index in [0.717, 1.165) is 47.1 Å². The minimum Gasteiger partial charge on any atom is -0.351 e. The van der Waals surface area contributed by atoms with Crippen molar-refractivity contribution in [2.75, 3.05) is 6.54 Å². The second kappa shape index (κ2) is 8.39. The zero-order chi connectivity index (χ0) is 23.2. The third-order valence-corrected chi connectivity index (χ3v) is 7.70. The molecule has 6 rings (SSSR count). The van der Waals surface area contributed by atoms with Crippen LogP contribution in [0.4, 0.5) is 0 Å². The Balaban J connectivity index is 1.28. The maximum Gasteiger partial charge on any atom is 0.272 e. The van der Waals surface area contributed by atoms with Crippen molar-refractivity contribution in [1.82, 2.24) is 30.0 Å². The highest BCUT2D eigenvalue weighted by Gasteiger charge is 2.33. The van der Waals surface area contributed by atoms with Crippen molar-refractivity contribution in [3.63, 3.8) is 0 Å². The molecule has 3 aromatic heterocycles. The summed E-state index contributed by atoms with van der Waals surface area (Å²) in [5, 5.41) is 8.83. The zero-order valence-electron chi connectivity index (χ0n) is 19.0. The second-order valence-electron chi connectivity index (χ2n) is 9.10. The van der Waals surface area contributed by atoms with E-state index in [4.69, 9.17) is 5.10 Å². The van der Waals surface area contributed by atoms with E-state index in [1.165, 1.54) is 4.88 Å². The first-order chi connectivity index (χ1) is 16.6. The summed E-state index contributed by atoms with van der Waals surface area (Å²) in [4.78, 5) is 37.0. The van der Waals surface area contributed by atoms with Crippen LogP contribution < -0.4 is 5.32 Å². The molecule has 2 aliphatic rings. The monoisotopic (exact) mass is 474 g/mol. The molecule has 8 nitrogen and oxygen atoms in total. The van der Waals surface area contributed by atoms with Crippen molar-refractivity contribution in [2.24, 2.45) is 0 Å². The lowest BCUT2D eigenvalue weighted by molar-refractivity contribution is 0.0725. The summed E-state index contributed by atoms with van der Waals surface area (Å²) in [7, 11) is 0.